The van der Waals surface area contributed by atoms with Gasteiger partial charge < -0.3 is 24.6 Å². The van der Waals surface area contributed by atoms with Gasteiger partial charge >= 0.3 is 6.03 Å². The number of nitrogens with zero attached hydrogens (tertiary/aromatic N) is 2. The fraction of sp³-hybridized carbons (Fsp3) is 0.524. The van der Waals surface area contributed by atoms with Crippen molar-refractivity contribution in [3.05, 3.63) is 35.4 Å². The van der Waals surface area contributed by atoms with Crippen molar-refractivity contribution in [3.8, 4) is 11.8 Å². The first-order chi connectivity index (χ1) is 13.6. The van der Waals surface area contributed by atoms with E-state index in [1.807, 2.05) is 34.1 Å². The van der Waals surface area contributed by atoms with E-state index in [1.165, 1.54) is 0 Å². The molecule has 28 heavy (non-hydrogen) atoms. The summed E-state index contributed by atoms with van der Waals surface area (Å²) in [7, 11) is 1.67. The maximum atomic E-state index is 12.7. The Bertz CT molecular complexity index is 809. The molecular weight excluding hydrogens is 358 g/mol. The number of urea groups is 1. The highest BCUT2D eigenvalue weighted by Crippen LogP contribution is 2.22. The molecule has 0 unspecified atom stereocenters. The minimum Gasteiger partial charge on any atom is -0.380 e. The first-order valence-corrected chi connectivity index (χ1v) is 9.67. The number of ether oxygens (including phenoxy) is 2. The van der Waals surface area contributed by atoms with Crippen LogP contribution in [0.1, 0.15) is 17.5 Å². The van der Waals surface area contributed by atoms with Crippen molar-refractivity contribution in [2.24, 2.45) is 5.92 Å². The first-order valence-electron chi connectivity index (χ1n) is 9.67. The van der Waals surface area contributed by atoms with Crippen LogP contribution in [0.2, 0.25) is 0 Å². The lowest BCUT2D eigenvalue weighted by Crippen LogP contribution is -2.64. The van der Waals surface area contributed by atoms with Crippen LogP contribution in [0.4, 0.5) is 4.79 Å². The van der Waals surface area contributed by atoms with Crippen LogP contribution in [0, 0.1) is 17.8 Å². The number of piperidine rings is 1. The summed E-state index contributed by atoms with van der Waals surface area (Å²) >= 11 is 0. The Morgan fingerprint density at radius 2 is 2.11 bits per heavy atom. The van der Waals surface area contributed by atoms with Crippen LogP contribution in [-0.2, 0) is 20.9 Å². The molecule has 0 aromatic heterocycles. The van der Waals surface area contributed by atoms with Crippen molar-refractivity contribution in [3.63, 3.8) is 0 Å². The van der Waals surface area contributed by atoms with Gasteiger partial charge in [-0.3, -0.25) is 4.79 Å². The zero-order valence-electron chi connectivity index (χ0n) is 16.0. The molecule has 3 amide bonds. The zero-order chi connectivity index (χ0) is 19.5. The summed E-state index contributed by atoms with van der Waals surface area (Å²) in [4.78, 5) is 27.9. The molecule has 0 bridgehead atoms. The standard InChI is InChI=1S/C21H25N3O4/c1-27-13-17-5-3-2-4-16(17)7-6-15-10-24(11-15)21(26)23-9-8-19-18(12-23)22-20(25)14-28-19/h2-5,15,18-19H,8-14H2,1H3,(H,22,25)/t18-,19+/m1/s1. The normalized spacial score (nSPS) is 24.5. The second-order valence-electron chi connectivity index (χ2n) is 7.50. The highest BCUT2D eigenvalue weighted by Gasteiger charge is 2.39. The van der Waals surface area contributed by atoms with Crippen LogP contribution >= 0.6 is 0 Å². The van der Waals surface area contributed by atoms with Crippen LogP contribution in [-0.4, -0.2) is 73.8 Å². The van der Waals surface area contributed by atoms with Crippen molar-refractivity contribution in [1.29, 1.82) is 0 Å². The highest BCUT2D eigenvalue weighted by molar-refractivity contribution is 5.79. The van der Waals surface area contributed by atoms with Crippen molar-refractivity contribution >= 4 is 11.9 Å². The van der Waals surface area contributed by atoms with Gasteiger partial charge in [-0.1, -0.05) is 30.0 Å². The SMILES string of the molecule is COCc1ccccc1C#CC1CN(C(=O)N2CC[C@@H]3OCC(=O)N[C@@H]3C2)C1. The number of fused-ring (bicyclic) bond motifs is 1. The highest BCUT2D eigenvalue weighted by atomic mass is 16.5. The van der Waals surface area contributed by atoms with Crippen molar-refractivity contribution in [2.75, 3.05) is 39.9 Å². The largest absolute Gasteiger partial charge is 0.380 e. The molecule has 3 saturated heterocycles. The number of morpholine rings is 1. The topological polar surface area (TPSA) is 71.1 Å². The van der Waals surface area contributed by atoms with Crippen LogP contribution < -0.4 is 5.32 Å². The van der Waals surface area contributed by atoms with Crippen molar-refractivity contribution < 1.29 is 19.1 Å². The Balaban J connectivity index is 1.30. The quantitative estimate of drug-likeness (QED) is 0.768. The van der Waals surface area contributed by atoms with E-state index in [2.05, 4.69) is 17.2 Å². The maximum absolute atomic E-state index is 12.7. The van der Waals surface area contributed by atoms with Crippen LogP contribution in [0.15, 0.2) is 24.3 Å². The second-order valence-corrected chi connectivity index (χ2v) is 7.50. The summed E-state index contributed by atoms with van der Waals surface area (Å²) < 4.78 is 10.8. The van der Waals surface area contributed by atoms with Gasteiger partial charge in [0.2, 0.25) is 5.91 Å². The van der Waals surface area contributed by atoms with Gasteiger partial charge in [0.25, 0.3) is 0 Å². The summed E-state index contributed by atoms with van der Waals surface area (Å²) in [6.07, 6.45) is 0.772. The minimum atomic E-state index is -0.108. The van der Waals surface area contributed by atoms with Crippen molar-refractivity contribution in [2.45, 2.75) is 25.2 Å². The summed E-state index contributed by atoms with van der Waals surface area (Å²) in [5.41, 5.74) is 2.05. The lowest BCUT2D eigenvalue weighted by atomic mass is 9.98. The van der Waals surface area contributed by atoms with Gasteiger partial charge in [0.1, 0.15) is 6.61 Å². The molecule has 4 rings (SSSR count). The number of amides is 3. The molecule has 0 saturated carbocycles. The smallest absolute Gasteiger partial charge is 0.320 e. The Labute approximate surface area is 165 Å². The van der Waals surface area contributed by atoms with Gasteiger partial charge in [0.05, 0.1) is 24.7 Å². The molecule has 3 aliphatic heterocycles. The first kappa shape index (κ1) is 18.8. The van der Waals surface area contributed by atoms with Gasteiger partial charge in [-0.15, -0.1) is 0 Å². The molecule has 3 fully saturated rings. The lowest BCUT2D eigenvalue weighted by molar-refractivity contribution is -0.139. The number of nitrogens with one attached hydrogen (secondary N) is 1. The van der Waals surface area contributed by atoms with E-state index in [0.717, 1.165) is 17.5 Å². The predicted octanol–water partition coefficient (Wildman–Crippen LogP) is 0.826. The van der Waals surface area contributed by atoms with E-state index >= 15 is 0 Å². The average molecular weight is 383 g/mol. The second kappa shape index (κ2) is 8.21. The molecule has 1 N–H and O–H groups in total. The lowest BCUT2D eigenvalue weighted by Gasteiger charge is -2.45. The average Bonchev–Trinajstić information content (AvgIpc) is 2.67. The number of hydrogen-bond donors (Lipinski definition) is 1. The molecule has 7 heteroatoms. The summed E-state index contributed by atoms with van der Waals surface area (Å²) in [5, 5.41) is 2.93. The van der Waals surface area contributed by atoms with Gasteiger partial charge in [-0.05, 0) is 18.1 Å². The van der Waals surface area contributed by atoms with Gasteiger partial charge in [-0.25, -0.2) is 4.79 Å². The third kappa shape index (κ3) is 3.98. The van der Waals surface area contributed by atoms with E-state index in [-0.39, 0.29) is 36.6 Å². The molecule has 1 aromatic carbocycles. The number of rotatable bonds is 2. The van der Waals surface area contributed by atoms with E-state index < -0.39 is 0 Å². The molecule has 148 valence electrons. The van der Waals surface area contributed by atoms with Gasteiger partial charge in [0, 0.05) is 38.9 Å². The monoisotopic (exact) mass is 383 g/mol. The minimum absolute atomic E-state index is 0.0175. The zero-order valence-corrected chi connectivity index (χ0v) is 16.0. The number of likely N-dealkylation sites (tertiary alicyclic amines) is 2. The molecule has 2 atom stereocenters. The Kier molecular flexibility index (Phi) is 5.51. The molecule has 0 spiro atoms. The number of carbonyl (C=O) groups is 2. The number of benzene rings is 1. The van der Waals surface area contributed by atoms with E-state index in [4.69, 9.17) is 9.47 Å². The third-order valence-corrected chi connectivity index (χ3v) is 5.48. The number of hydrogen-bond acceptors (Lipinski definition) is 4. The molecule has 0 radical (unpaired) electrons. The fourth-order valence-corrected chi connectivity index (χ4v) is 3.90. The molecule has 0 aliphatic carbocycles. The predicted molar refractivity (Wildman–Crippen MR) is 102 cm³/mol. The maximum Gasteiger partial charge on any atom is 0.320 e. The van der Waals surface area contributed by atoms with Crippen LogP contribution in [0.5, 0.6) is 0 Å². The number of carbonyl (C=O) groups excluding carboxylic acids is 2. The Hall–Kier alpha value is -2.56. The van der Waals surface area contributed by atoms with Gasteiger partial charge in [0.15, 0.2) is 0 Å². The molecular formula is C21H25N3O4. The fourth-order valence-electron chi connectivity index (χ4n) is 3.90. The van der Waals surface area contributed by atoms with Crippen LogP contribution in [0.3, 0.4) is 0 Å². The summed E-state index contributed by atoms with van der Waals surface area (Å²) in [6.45, 7) is 3.11. The van der Waals surface area contributed by atoms with E-state index in [1.54, 1.807) is 7.11 Å². The Morgan fingerprint density at radius 3 is 2.93 bits per heavy atom. The molecule has 1 aromatic rings. The molecule has 3 heterocycles. The summed E-state index contributed by atoms with van der Waals surface area (Å²) in [6, 6.07) is 7.88. The van der Waals surface area contributed by atoms with E-state index in [9.17, 15) is 9.59 Å². The van der Waals surface area contributed by atoms with Gasteiger partial charge in [-0.2, -0.15) is 0 Å². The van der Waals surface area contributed by atoms with Crippen LogP contribution in [0.25, 0.3) is 0 Å². The summed E-state index contributed by atoms with van der Waals surface area (Å²) in [5.74, 6) is 6.60. The molecule has 7 nitrogen and oxygen atoms in total. The Morgan fingerprint density at radius 1 is 1.29 bits per heavy atom. The number of methoxy groups -OCH3 is 1. The van der Waals surface area contributed by atoms with E-state index in [0.29, 0.717) is 32.8 Å². The molecule has 3 aliphatic rings. The van der Waals surface area contributed by atoms with Crippen molar-refractivity contribution in [1.82, 2.24) is 15.1 Å². The third-order valence-electron chi connectivity index (χ3n) is 5.48.